The van der Waals surface area contributed by atoms with E-state index in [0.29, 0.717) is 5.69 Å². The topological polar surface area (TPSA) is 119 Å². The molecule has 0 saturated heterocycles. The number of nitrogens with zero attached hydrogens (tertiary/aromatic N) is 2. The summed E-state index contributed by atoms with van der Waals surface area (Å²) >= 11 is 0. The lowest BCUT2D eigenvalue weighted by molar-refractivity contribution is -0.387. The number of anilines is 1. The van der Waals surface area contributed by atoms with Crippen LogP contribution in [0.1, 0.15) is 12.8 Å². The zero-order valence-corrected chi connectivity index (χ0v) is 11.1. The van der Waals surface area contributed by atoms with Gasteiger partial charge < -0.3 is 5.43 Å². The minimum absolute atomic E-state index is 0.0703. The number of nitrogens with two attached hydrogens (primary N) is 1. The quantitative estimate of drug-likeness (QED) is 0.466. The van der Waals surface area contributed by atoms with E-state index in [-0.39, 0.29) is 10.9 Å². The average Bonchev–Trinajstić information content (AvgIpc) is 3.21. The highest BCUT2D eigenvalue weighted by atomic mass is 32.2. The van der Waals surface area contributed by atoms with Gasteiger partial charge in [-0.25, -0.2) is 8.42 Å². The van der Waals surface area contributed by atoms with Crippen LogP contribution in [-0.4, -0.2) is 30.7 Å². The second kappa shape index (κ2) is 4.76. The van der Waals surface area contributed by atoms with Crippen LogP contribution in [0.4, 0.5) is 11.4 Å². The summed E-state index contributed by atoms with van der Waals surface area (Å²) in [6, 6.07) is 3.59. The molecular formula is C10H14N4O4S. The lowest BCUT2D eigenvalue weighted by Crippen LogP contribution is -2.29. The fourth-order valence-corrected chi connectivity index (χ4v) is 3.35. The van der Waals surface area contributed by atoms with Gasteiger partial charge in [-0.15, -0.1) is 0 Å². The van der Waals surface area contributed by atoms with Crippen LogP contribution in [0.15, 0.2) is 23.1 Å². The molecule has 0 spiro atoms. The van der Waals surface area contributed by atoms with Crippen molar-refractivity contribution >= 4 is 21.4 Å². The van der Waals surface area contributed by atoms with Crippen LogP contribution in [0.3, 0.4) is 0 Å². The maximum absolute atomic E-state index is 12.4. The summed E-state index contributed by atoms with van der Waals surface area (Å²) in [5.74, 6) is 5.21. The molecule has 0 amide bonds. The first-order valence-corrected chi connectivity index (χ1v) is 7.05. The Hall–Kier alpha value is -1.71. The van der Waals surface area contributed by atoms with Crippen LogP contribution in [0.5, 0.6) is 0 Å². The monoisotopic (exact) mass is 286 g/mol. The summed E-state index contributed by atoms with van der Waals surface area (Å²) in [5.41, 5.74) is 2.13. The number of nitro groups is 1. The lowest BCUT2D eigenvalue weighted by Gasteiger charge is -2.16. The molecule has 1 fully saturated rings. The van der Waals surface area contributed by atoms with Crippen molar-refractivity contribution in [1.82, 2.24) is 4.31 Å². The van der Waals surface area contributed by atoms with Crippen molar-refractivity contribution in [3.05, 3.63) is 28.3 Å². The maximum Gasteiger partial charge on any atom is 0.289 e. The van der Waals surface area contributed by atoms with E-state index in [2.05, 4.69) is 5.43 Å². The predicted molar refractivity (Wildman–Crippen MR) is 68.9 cm³/mol. The molecule has 0 atom stereocenters. The average molecular weight is 286 g/mol. The molecule has 0 aromatic heterocycles. The van der Waals surface area contributed by atoms with Gasteiger partial charge in [-0.3, -0.25) is 16.0 Å². The summed E-state index contributed by atoms with van der Waals surface area (Å²) in [5, 5.41) is 10.9. The van der Waals surface area contributed by atoms with Gasteiger partial charge in [0.05, 0.1) is 10.6 Å². The fraction of sp³-hybridized carbons (Fsp3) is 0.400. The van der Waals surface area contributed by atoms with Gasteiger partial charge in [-0.05, 0) is 25.0 Å². The Kier molecular flexibility index (Phi) is 3.43. The number of nitro benzene ring substituents is 1. The second-order valence-electron chi connectivity index (χ2n) is 4.34. The third kappa shape index (κ3) is 2.53. The Morgan fingerprint density at radius 3 is 2.58 bits per heavy atom. The zero-order chi connectivity index (χ0) is 14.2. The SMILES string of the molecule is CN(C1CC1)S(=O)(=O)c1cc(NN)ccc1[N+](=O)[O-]. The maximum atomic E-state index is 12.4. The molecule has 2 rings (SSSR count). The normalized spacial score (nSPS) is 15.5. The molecule has 1 aliphatic rings. The van der Waals surface area contributed by atoms with E-state index in [1.165, 1.54) is 23.5 Å². The molecule has 19 heavy (non-hydrogen) atoms. The summed E-state index contributed by atoms with van der Waals surface area (Å²) in [6.45, 7) is 0. The van der Waals surface area contributed by atoms with Gasteiger partial charge in [0.25, 0.3) is 5.69 Å². The van der Waals surface area contributed by atoms with Crippen molar-refractivity contribution in [3.63, 3.8) is 0 Å². The Balaban J connectivity index is 2.55. The van der Waals surface area contributed by atoms with Crippen molar-refractivity contribution in [3.8, 4) is 0 Å². The number of benzene rings is 1. The van der Waals surface area contributed by atoms with E-state index >= 15 is 0 Å². The van der Waals surface area contributed by atoms with Gasteiger partial charge in [0.1, 0.15) is 0 Å². The minimum atomic E-state index is -3.89. The van der Waals surface area contributed by atoms with Gasteiger partial charge in [0.15, 0.2) is 4.90 Å². The number of sulfonamides is 1. The predicted octanol–water partition coefficient (Wildman–Crippen LogP) is 0.663. The van der Waals surface area contributed by atoms with Crippen LogP contribution >= 0.6 is 0 Å². The first-order valence-electron chi connectivity index (χ1n) is 5.61. The highest BCUT2D eigenvalue weighted by molar-refractivity contribution is 7.89. The van der Waals surface area contributed by atoms with Crippen LogP contribution in [0, 0.1) is 10.1 Å². The number of hydrazine groups is 1. The highest BCUT2D eigenvalue weighted by Crippen LogP contribution is 2.34. The molecule has 0 radical (unpaired) electrons. The largest absolute Gasteiger partial charge is 0.324 e. The van der Waals surface area contributed by atoms with Crippen molar-refractivity contribution in [2.75, 3.05) is 12.5 Å². The smallest absolute Gasteiger partial charge is 0.289 e. The van der Waals surface area contributed by atoms with Gasteiger partial charge in [0, 0.05) is 19.2 Å². The minimum Gasteiger partial charge on any atom is -0.324 e. The van der Waals surface area contributed by atoms with E-state index < -0.39 is 20.6 Å². The first kappa shape index (κ1) is 13.7. The van der Waals surface area contributed by atoms with Gasteiger partial charge in [0.2, 0.25) is 10.0 Å². The van der Waals surface area contributed by atoms with Crippen LogP contribution in [0.2, 0.25) is 0 Å². The molecule has 1 aromatic carbocycles. The van der Waals surface area contributed by atoms with E-state index in [1.54, 1.807) is 0 Å². The summed E-state index contributed by atoms with van der Waals surface area (Å²) < 4.78 is 25.9. The molecule has 0 aliphatic heterocycles. The molecule has 9 heteroatoms. The highest BCUT2D eigenvalue weighted by Gasteiger charge is 2.38. The zero-order valence-electron chi connectivity index (χ0n) is 10.2. The number of nitrogen functional groups attached to an aromatic ring is 1. The standard InChI is InChI=1S/C10H14N4O4S/c1-13(8-3-4-8)19(17,18)10-6-7(12-11)2-5-9(10)14(15)16/h2,5-6,8,12H,3-4,11H2,1H3. The van der Waals surface area contributed by atoms with Crippen LogP contribution < -0.4 is 11.3 Å². The molecule has 0 unspecified atom stereocenters. The Morgan fingerprint density at radius 1 is 1.47 bits per heavy atom. The van der Waals surface area contributed by atoms with Crippen LogP contribution in [-0.2, 0) is 10.0 Å². The third-order valence-electron chi connectivity index (χ3n) is 3.04. The van der Waals surface area contributed by atoms with E-state index in [1.807, 2.05) is 0 Å². The molecule has 8 nitrogen and oxygen atoms in total. The van der Waals surface area contributed by atoms with Crippen molar-refractivity contribution in [2.24, 2.45) is 5.84 Å². The Bertz CT molecular complexity index is 612. The summed E-state index contributed by atoms with van der Waals surface area (Å²) in [4.78, 5) is 9.89. The molecular weight excluding hydrogens is 272 g/mol. The fourth-order valence-electron chi connectivity index (χ4n) is 1.75. The van der Waals surface area contributed by atoms with Crippen molar-refractivity contribution in [2.45, 2.75) is 23.8 Å². The third-order valence-corrected chi connectivity index (χ3v) is 4.98. The molecule has 0 heterocycles. The number of rotatable bonds is 5. The van der Waals surface area contributed by atoms with E-state index in [4.69, 9.17) is 5.84 Å². The van der Waals surface area contributed by atoms with Crippen molar-refractivity contribution in [1.29, 1.82) is 0 Å². The van der Waals surface area contributed by atoms with Gasteiger partial charge in [-0.1, -0.05) is 0 Å². The molecule has 3 N–H and O–H groups in total. The molecule has 0 bridgehead atoms. The summed E-state index contributed by atoms with van der Waals surface area (Å²) in [7, 11) is -2.46. The lowest BCUT2D eigenvalue weighted by atomic mass is 10.3. The molecule has 1 aliphatic carbocycles. The van der Waals surface area contributed by atoms with Gasteiger partial charge >= 0.3 is 0 Å². The molecule has 104 valence electrons. The Labute approximate surface area is 110 Å². The van der Waals surface area contributed by atoms with Crippen LogP contribution in [0.25, 0.3) is 0 Å². The summed E-state index contributed by atoms with van der Waals surface area (Å²) in [6.07, 6.45) is 1.55. The van der Waals surface area contributed by atoms with Gasteiger partial charge in [-0.2, -0.15) is 4.31 Å². The molecule has 1 aromatic rings. The second-order valence-corrected chi connectivity index (χ2v) is 6.30. The Morgan fingerprint density at radius 2 is 2.11 bits per heavy atom. The van der Waals surface area contributed by atoms with Crippen molar-refractivity contribution < 1.29 is 13.3 Å². The van der Waals surface area contributed by atoms with E-state index in [9.17, 15) is 18.5 Å². The van der Waals surface area contributed by atoms with E-state index in [0.717, 1.165) is 18.9 Å². The number of hydrogen-bond acceptors (Lipinski definition) is 6. The first-order chi connectivity index (χ1) is 8.87. The molecule has 1 saturated carbocycles. The number of nitrogens with one attached hydrogen (secondary N) is 1. The number of hydrogen-bond donors (Lipinski definition) is 2.